The maximum atomic E-state index is 12.3. The quantitative estimate of drug-likeness (QED) is 0.615. The summed E-state index contributed by atoms with van der Waals surface area (Å²) in [5.41, 5.74) is 0.333. The zero-order chi connectivity index (χ0) is 11.9. The number of halogens is 3. The predicted octanol–water partition coefficient (Wildman–Crippen LogP) is 0.261. The van der Waals surface area contributed by atoms with Gasteiger partial charge >= 0.3 is 13.3 Å². The lowest BCUT2D eigenvalue weighted by Crippen LogP contribution is -2.29. The minimum absolute atomic E-state index is 0.102. The zero-order valence-corrected chi connectivity index (χ0v) is 7.78. The van der Waals surface area contributed by atoms with E-state index in [4.69, 9.17) is 10.0 Å². The van der Waals surface area contributed by atoms with Crippen LogP contribution in [-0.4, -0.2) is 27.1 Å². The summed E-state index contributed by atoms with van der Waals surface area (Å²) in [4.78, 5) is 5.41. The van der Waals surface area contributed by atoms with E-state index in [1.165, 1.54) is 18.2 Å². The minimum atomic E-state index is -4.54. The van der Waals surface area contributed by atoms with Crippen LogP contribution in [0.5, 0.6) is 0 Å². The molecule has 8 heteroatoms. The van der Waals surface area contributed by atoms with Gasteiger partial charge in [-0.3, -0.25) is 0 Å². The zero-order valence-electron chi connectivity index (χ0n) is 7.78. The van der Waals surface area contributed by atoms with Crippen molar-refractivity contribution in [2.75, 3.05) is 0 Å². The van der Waals surface area contributed by atoms with E-state index in [-0.39, 0.29) is 16.5 Å². The predicted molar refractivity (Wildman–Crippen MR) is 50.9 cm³/mol. The van der Waals surface area contributed by atoms with Crippen molar-refractivity contribution < 1.29 is 23.2 Å². The molecule has 1 heterocycles. The van der Waals surface area contributed by atoms with Crippen LogP contribution >= 0.6 is 0 Å². The van der Waals surface area contributed by atoms with E-state index in [0.29, 0.717) is 0 Å². The highest BCUT2D eigenvalue weighted by atomic mass is 19.4. The second kappa shape index (κ2) is 3.50. The van der Waals surface area contributed by atoms with Gasteiger partial charge in [-0.15, -0.1) is 0 Å². The van der Waals surface area contributed by atoms with Gasteiger partial charge in [0.1, 0.15) is 0 Å². The van der Waals surface area contributed by atoms with Crippen LogP contribution in [0.25, 0.3) is 11.0 Å². The molecule has 0 amide bonds. The van der Waals surface area contributed by atoms with E-state index < -0.39 is 19.1 Å². The molecule has 0 saturated carbocycles. The molecule has 0 aliphatic heterocycles. The van der Waals surface area contributed by atoms with Crippen LogP contribution in [0, 0.1) is 0 Å². The van der Waals surface area contributed by atoms with Crippen molar-refractivity contribution in [2.24, 2.45) is 0 Å². The lowest BCUT2D eigenvalue weighted by Gasteiger charge is -1.99. The summed E-state index contributed by atoms with van der Waals surface area (Å²) in [5, 5.41) is 17.7. The Morgan fingerprint density at radius 1 is 1.25 bits per heavy atom. The fraction of sp³-hybridized carbons (Fsp3) is 0.125. The van der Waals surface area contributed by atoms with Gasteiger partial charge in [-0.05, 0) is 17.6 Å². The van der Waals surface area contributed by atoms with Crippen LogP contribution in [0.4, 0.5) is 13.2 Å². The number of aromatic amines is 1. The Hall–Kier alpha value is -1.54. The molecule has 0 aliphatic rings. The van der Waals surface area contributed by atoms with E-state index in [1.807, 2.05) is 0 Å². The normalized spacial score (nSPS) is 12.1. The topological polar surface area (TPSA) is 69.1 Å². The molecule has 0 unspecified atom stereocenters. The number of nitrogens with one attached hydrogen (secondary N) is 1. The molecule has 0 saturated heterocycles. The minimum Gasteiger partial charge on any atom is -0.423 e. The Labute approximate surface area is 87.9 Å². The maximum Gasteiger partial charge on any atom is 0.488 e. The largest absolute Gasteiger partial charge is 0.488 e. The average molecular weight is 230 g/mol. The highest BCUT2D eigenvalue weighted by molar-refractivity contribution is 6.58. The van der Waals surface area contributed by atoms with Gasteiger partial charge in [-0.1, -0.05) is 6.07 Å². The molecule has 16 heavy (non-hydrogen) atoms. The lowest BCUT2D eigenvalue weighted by atomic mass is 9.80. The molecule has 0 aliphatic carbocycles. The van der Waals surface area contributed by atoms with Gasteiger partial charge in [0.25, 0.3) is 0 Å². The summed E-state index contributed by atoms with van der Waals surface area (Å²) in [5.74, 6) is -1.10. The highest BCUT2D eigenvalue weighted by Gasteiger charge is 2.34. The average Bonchev–Trinajstić information content (AvgIpc) is 2.58. The van der Waals surface area contributed by atoms with Gasteiger partial charge in [0, 0.05) is 0 Å². The molecule has 0 atom stereocenters. The summed E-state index contributed by atoms with van der Waals surface area (Å²) in [6, 6.07) is 3.80. The summed E-state index contributed by atoms with van der Waals surface area (Å²) in [7, 11) is -1.72. The Morgan fingerprint density at radius 2 is 1.94 bits per heavy atom. The van der Waals surface area contributed by atoms with E-state index >= 15 is 0 Å². The van der Waals surface area contributed by atoms with E-state index in [1.54, 1.807) is 0 Å². The number of benzene rings is 1. The Bertz CT molecular complexity index is 523. The molecule has 2 aromatic rings. The third-order valence-corrected chi connectivity index (χ3v) is 2.07. The summed E-state index contributed by atoms with van der Waals surface area (Å²) < 4.78 is 36.9. The number of H-pyrrole nitrogens is 1. The van der Waals surface area contributed by atoms with Gasteiger partial charge in [-0.25, -0.2) is 4.98 Å². The van der Waals surface area contributed by atoms with Crippen molar-refractivity contribution in [2.45, 2.75) is 6.18 Å². The summed E-state index contributed by atoms with van der Waals surface area (Å²) in [6.07, 6.45) is -4.54. The molecular formula is C8H6BF3N2O2. The standard InChI is InChI=1S/C8H6BF3N2O2/c10-8(11,12)7-13-5-2-1-4(9(15)16)3-6(5)14-7/h1-3,15-16H,(H,13,14). The third kappa shape index (κ3) is 1.89. The Kier molecular flexibility index (Phi) is 2.40. The van der Waals surface area contributed by atoms with Crippen LogP contribution < -0.4 is 5.46 Å². The first kappa shape index (κ1) is 11.0. The first-order valence-corrected chi connectivity index (χ1v) is 4.31. The number of alkyl halides is 3. The fourth-order valence-electron chi connectivity index (χ4n) is 1.32. The second-order valence-corrected chi connectivity index (χ2v) is 3.23. The number of fused-ring (bicyclic) bond motifs is 1. The molecule has 0 bridgehead atoms. The van der Waals surface area contributed by atoms with Crippen molar-refractivity contribution in [3.05, 3.63) is 24.0 Å². The Balaban J connectivity index is 2.54. The first-order chi connectivity index (χ1) is 7.38. The van der Waals surface area contributed by atoms with Gasteiger partial charge < -0.3 is 15.0 Å². The van der Waals surface area contributed by atoms with Crippen molar-refractivity contribution >= 4 is 23.6 Å². The third-order valence-electron chi connectivity index (χ3n) is 2.07. The SMILES string of the molecule is OB(O)c1ccc2nc(C(F)(F)F)[nH]c2c1. The number of rotatable bonds is 1. The van der Waals surface area contributed by atoms with Gasteiger partial charge in [0.15, 0.2) is 0 Å². The number of hydrogen-bond donors (Lipinski definition) is 3. The number of nitrogens with zero attached hydrogens (tertiary/aromatic N) is 1. The summed E-state index contributed by atoms with van der Waals surface area (Å²) >= 11 is 0. The van der Waals surface area contributed by atoms with Crippen molar-refractivity contribution in [3.8, 4) is 0 Å². The van der Waals surface area contributed by atoms with Crippen LogP contribution in [0.1, 0.15) is 5.82 Å². The fourth-order valence-corrected chi connectivity index (χ4v) is 1.32. The molecule has 1 aromatic heterocycles. The molecule has 0 spiro atoms. The molecule has 3 N–H and O–H groups in total. The second-order valence-electron chi connectivity index (χ2n) is 3.23. The molecule has 2 rings (SSSR count). The van der Waals surface area contributed by atoms with Crippen LogP contribution in [0.3, 0.4) is 0 Å². The van der Waals surface area contributed by atoms with Gasteiger partial charge in [0.05, 0.1) is 11.0 Å². The Morgan fingerprint density at radius 3 is 2.50 bits per heavy atom. The van der Waals surface area contributed by atoms with E-state index in [9.17, 15) is 13.2 Å². The van der Waals surface area contributed by atoms with Gasteiger partial charge in [0.2, 0.25) is 5.82 Å². The van der Waals surface area contributed by atoms with Crippen molar-refractivity contribution in [1.29, 1.82) is 0 Å². The molecule has 0 fully saturated rings. The lowest BCUT2D eigenvalue weighted by molar-refractivity contribution is -0.144. The molecule has 1 aromatic carbocycles. The highest BCUT2D eigenvalue weighted by Crippen LogP contribution is 2.28. The summed E-state index contributed by atoms with van der Waals surface area (Å²) in [6.45, 7) is 0. The molecule has 0 radical (unpaired) electrons. The van der Waals surface area contributed by atoms with E-state index in [2.05, 4.69) is 9.97 Å². The number of aromatic nitrogens is 2. The van der Waals surface area contributed by atoms with Crippen molar-refractivity contribution in [1.82, 2.24) is 9.97 Å². The van der Waals surface area contributed by atoms with Crippen molar-refractivity contribution in [3.63, 3.8) is 0 Å². The van der Waals surface area contributed by atoms with E-state index in [0.717, 1.165) is 0 Å². The smallest absolute Gasteiger partial charge is 0.423 e. The number of imidazole rings is 1. The molecular weight excluding hydrogens is 224 g/mol. The number of hydrogen-bond acceptors (Lipinski definition) is 3. The van der Waals surface area contributed by atoms with Crippen LogP contribution in [0.15, 0.2) is 18.2 Å². The molecule has 4 nitrogen and oxygen atoms in total. The van der Waals surface area contributed by atoms with Gasteiger partial charge in [-0.2, -0.15) is 13.2 Å². The monoisotopic (exact) mass is 230 g/mol. The van der Waals surface area contributed by atoms with Crippen LogP contribution in [0.2, 0.25) is 0 Å². The maximum absolute atomic E-state index is 12.3. The molecule has 84 valence electrons. The van der Waals surface area contributed by atoms with Crippen LogP contribution in [-0.2, 0) is 6.18 Å². The first-order valence-electron chi connectivity index (χ1n) is 4.31.